The van der Waals surface area contributed by atoms with Gasteiger partial charge in [0.25, 0.3) is 0 Å². The Morgan fingerprint density at radius 2 is 2.00 bits per heavy atom. The molecule has 1 aromatic carbocycles. The third kappa shape index (κ3) is 4.10. The number of benzene rings is 1. The van der Waals surface area contributed by atoms with Gasteiger partial charge in [0.1, 0.15) is 12.4 Å². The Kier molecular flexibility index (Phi) is 4.83. The van der Waals surface area contributed by atoms with Crippen LogP contribution in [0, 0.1) is 0 Å². The van der Waals surface area contributed by atoms with Crippen LogP contribution in [0.3, 0.4) is 0 Å². The Bertz CT molecular complexity index is 524. The lowest BCUT2D eigenvalue weighted by atomic mass is 10.2. The third-order valence-electron chi connectivity index (χ3n) is 2.28. The van der Waals surface area contributed by atoms with Gasteiger partial charge in [0.05, 0.1) is 11.2 Å². The van der Waals surface area contributed by atoms with E-state index >= 15 is 0 Å². The predicted octanol–water partition coefficient (Wildman–Crippen LogP) is 0.913. The molecule has 0 aliphatic heterocycles. The molecular weight excluding hydrogens is 259 g/mol. The van der Waals surface area contributed by atoms with Crippen molar-refractivity contribution < 1.29 is 17.5 Å². The van der Waals surface area contributed by atoms with E-state index < -0.39 is 16.1 Å². The molecule has 1 aromatic rings. The van der Waals surface area contributed by atoms with Crippen LogP contribution < -0.4 is 15.6 Å². The quantitative estimate of drug-likeness (QED) is 0.834. The van der Waals surface area contributed by atoms with E-state index in [4.69, 9.17) is 15.6 Å². The first-order valence-electron chi connectivity index (χ1n) is 5.15. The summed E-state index contributed by atoms with van der Waals surface area (Å²) in [6, 6.07) is 5.07. The Balaban J connectivity index is 2.71. The summed E-state index contributed by atoms with van der Waals surface area (Å²) >= 11 is 0. The molecule has 0 radical (unpaired) electrons. The van der Waals surface area contributed by atoms with E-state index in [1.165, 1.54) is 24.3 Å². The molecule has 0 amide bonds. The summed E-state index contributed by atoms with van der Waals surface area (Å²) in [5, 5.41) is 4.95. The summed E-state index contributed by atoms with van der Waals surface area (Å²) in [6.07, 6.45) is 0.406. The van der Waals surface area contributed by atoms with E-state index in [1.807, 2.05) is 0 Å². The van der Waals surface area contributed by atoms with Gasteiger partial charge in [-0.15, -0.1) is 0 Å². The van der Waals surface area contributed by atoms with Crippen molar-refractivity contribution in [1.29, 1.82) is 0 Å². The Morgan fingerprint density at radius 1 is 1.44 bits per heavy atom. The van der Waals surface area contributed by atoms with Gasteiger partial charge in [-0.2, -0.15) is 0 Å². The van der Waals surface area contributed by atoms with Crippen LogP contribution in [0.15, 0.2) is 41.1 Å². The van der Waals surface area contributed by atoms with Crippen molar-refractivity contribution in [2.24, 2.45) is 10.9 Å². The molecule has 0 spiro atoms. The average Bonchev–Trinajstić information content (AvgIpc) is 2.29. The van der Waals surface area contributed by atoms with Gasteiger partial charge >= 0.3 is 0 Å². The normalized spacial score (nSPS) is 14.3. The van der Waals surface area contributed by atoms with Gasteiger partial charge in [-0.05, 0) is 31.2 Å². The topological polar surface area (TPSA) is 95.4 Å². The highest BCUT2D eigenvalue weighted by atomic mass is 32.2. The summed E-state index contributed by atoms with van der Waals surface area (Å²) in [5.74, 6) is 0.405. The van der Waals surface area contributed by atoms with Gasteiger partial charge in [0.2, 0.25) is 10.0 Å². The average molecular weight is 274 g/mol. The molecule has 18 heavy (non-hydrogen) atoms. The molecule has 0 heterocycles. The molecule has 0 aliphatic rings. The minimum absolute atomic E-state index is 0.00287. The number of halogens is 1. The van der Waals surface area contributed by atoms with Crippen LogP contribution in [0.1, 0.15) is 6.92 Å². The summed E-state index contributed by atoms with van der Waals surface area (Å²) in [4.78, 5) is -0.0108. The second kappa shape index (κ2) is 5.94. The molecule has 7 heteroatoms. The Morgan fingerprint density at radius 3 is 2.39 bits per heavy atom. The maximum atomic E-state index is 12.4. The molecule has 0 unspecified atom stereocenters. The highest BCUT2D eigenvalue weighted by Crippen LogP contribution is 2.16. The molecule has 0 bridgehead atoms. The number of rotatable bonds is 5. The standard InChI is InChI=1S/C11H15FN2O3S/c1-8(13)9(6-12)7-17-10-2-4-11(5-3-10)18(14,15)16/h2-6,8H,7,13H2,1H3,(H2,14,15,16)/b9-6+/t8-/m1/s1. The smallest absolute Gasteiger partial charge is 0.238 e. The molecule has 100 valence electrons. The van der Waals surface area contributed by atoms with Crippen molar-refractivity contribution >= 4 is 10.0 Å². The molecule has 0 aromatic heterocycles. The number of sulfonamides is 1. The van der Waals surface area contributed by atoms with E-state index in [0.29, 0.717) is 17.7 Å². The van der Waals surface area contributed by atoms with Crippen LogP contribution in [-0.2, 0) is 10.0 Å². The van der Waals surface area contributed by atoms with Crippen LogP contribution >= 0.6 is 0 Å². The zero-order valence-corrected chi connectivity index (χ0v) is 10.7. The second-order valence-corrected chi connectivity index (χ2v) is 5.34. The highest BCUT2D eigenvalue weighted by Gasteiger charge is 2.08. The first-order chi connectivity index (χ1) is 8.34. The van der Waals surface area contributed by atoms with Crippen LogP contribution in [0.5, 0.6) is 5.75 Å². The molecule has 1 atom stereocenters. The maximum absolute atomic E-state index is 12.4. The monoisotopic (exact) mass is 274 g/mol. The molecule has 4 N–H and O–H groups in total. The fraction of sp³-hybridized carbons (Fsp3) is 0.273. The van der Waals surface area contributed by atoms with Gasteiger partial charge < -0.3 is 10.5 Å². The maximum Gasteiger partial charge on any atom is 0.238 e. The molecule has 0 fully saturated rings. The largest absolute Gasteiger partial charge is 0.489 e. The van der Waals surface area contributed by atoms with Crippen LogP contribution in [0.25, 0.3) is 0 Å². The van der Waals surface area contributed by atoms with Crippen molar-refractivity contribution in [3.8, 4) is 5.75 Å². The Hall–Kier alpha value is -1.44. The zero-order chi connectivity index (χ0) is 13.8. The fourth-order valence-electron chi connectivity index (χ4n) is 1.15. The highest BCUT2D eigenvalue weighted by molar-refractivity contribution is 7.89. The van der Waals surface area contributed by atoms with Crippen LogP contribution in [0.2, 0.25) is 0 Å². The van der Waals surface area contributed by atoms with Crippen LogP contribution in [-0.4, -0.2) is 21.1 Å². The van der Waals surface area contributed by atoms with Crippen molar-refractivity contribution in [1.82, 2.24) is 0 Å². The number of ether oxygens (including phenoxy) is 1. The molecule has 1 rings (SSSR count). The van der Waals surface area contributed by atoms with Crippen molar-refractivity contribution in [2.75, 3.05) is 6.61 Å². The number of nitrogens with two attached hydrogens (primary N) is 2. The number of hydrogen-bond donors (Lipinski definition) is 2. The molecule has 0 aliphatic carbocycles. The lowest BCUT2D eigenvalue weighted by Crippen LogP contribution is -2.22. The van der Waals surface area contributed by atoms with Gasteiger partial charge in [-0.3, -0.25) is 0 Å². The Labute approximate surface area is 105 Å². The van der Waals surface area contributed by atoms with Crippen molar-refractivity contribution in [3.05, 3.63) is 36.2 Å². The zero-order valence-electron chi connectivity index (χ0n) is 9.84. The lowest BCUT2D eigenvalue weighted by molar-refractivity contribution is 0.341. The van der Waals surface area contributed by atoms with Gasteiger partial charge in [-0.1, -0.05) is 0 Å². The van der Waals surface area contributed by atoms with E-state index in [-0.39, 0.29) is 11.5 Å². The van der Waals surface area contributed by atoms with Crippen molar-refractivity contribution in [2.45, 2.75) is 17.9 Å². The minimum atomic E-state index is -3.72. The number of primary sulfonamides is 1. The fourth-order valence-corrected chi connectivity index (χ4v) is 1.67. The summed E-state index contributed by atoms with van der Waals surface area (Å²) in [7, 11) is -3.72. The SMILES string of the molecule is C[C@@H](N)/C(=C/F)COc1ccc(S(N)(=O)=O)cc1. The van der Waals surface area contributed by atoms with E-state index in [0.717, 1.165) is 0 Å². The van der Waals surface area contributed by atoms with Crippen molar-refractivity contribution in [3.63, 3.8) is 0 Å². The van der Waals surface area contributed by atoms with Gasteiger partial charge in [0, 0.05) is 11.6 Å². The number of hydrogen-bond acceptors (Lipinski definition) is 4. The molecular formula is C11H15FN2O3S. The molecule has 5 nitrogen and oxygen atoms in total. The summed E-state index contributed by atoms with van der Waals surface area (Å²) < 4.78 is 39.7. The summed E-state index contributed by atoms with van der Waals surface area (Å²) in [5.41, 5.74) is 5.82. The second-order valence-electron chi connectivity index (χ2n) is 3.78. The van der Waals surface area contributed by atoms with E-state index in [1.54, 1.807) is 6.92 Å². The third-order valence-corrected chi connectivity index (χ3v) is 3.21. The summed E-state index contributed by atoms with van der Waals surface area (Å²) in [6.45, 7) is 1.64. The first-order valence-corrected chi connectivity index (χ1v) is 6.69. The molecule has 0 saturated carbocycles. The predicted molar refractivity (Wildman–Crippen MR) is 66.2 cm³/mol. The van der Waals surface area contributed by atoms with Gasteiger partial charge in [-0.25, -0.2) is 17.9 Å². The van der Waals surface area contributed by atoms with Gasteiger partial charge in [0.15, 0.2) is 0 Å². The van der Waals surface area contributed by atoms with E-state index in [9.17, 15) is 12.8 Å². The van der Waals surface area contributed by atoms with Crippen LogP contribution in [0.4, 0.5) is 4.39 Å². The van der Waals surface area contributed by atoms with E-state index in [2.05, 4.69) is 0 Å². The molecule has 0 saturated heterocycles. The lowest BCUT2D eigenvalue weighted by Gasteiger charge is -2.11. The minimum Gasteiger partial charge on any atom is -0.489 e. The first kappa shape index (κ1) is 14.6.